The Hall–Kier alpha value is -1.40. The van der Waals surface area contributed by atoms with Crippen molar-refractivity contribution in [2.75, 3.05) is 6.61 Å². The van der Waals surface area contributed by atoms with Crippen LogP contribution in [-0.4, -0.2) is 46.9 Å². The third-order valence-electron chi connectivity index (χ3n) is 9.33. The minimum absolute atomic E-state index is 0.0786. The zero-order valence-corrected chi connectivity index (χ0v) is 31.4. The Morgan fingerprint density at radius 1 is 0.596 bits per heavy atom. The molecule has 6 heteroatoms. The van der Waals surface area contributed by atoms with Gasteiger partial charge in [-0.1, -0.05) is 168 Å². The monoisotopic (exact) mass is 666 g/mol. The van der Waals surface area contributed by atoms with Crippen LogP contribution in [0.3, 0.4) is 0 Å². The number of aliphatic hydroxyl groups excluding tert-OH is 2. The summed E-state index contributed by atoms with van der Waals surface area (Å²) in [6.07, 6.45) is 35.6. The number of nitrogens with one attached hydrogen (secondary N) is 1. The molecule has 278 valence electrons. The zero-order chi connectivity index (χ0) is 34.6. The molecule has 47 heavy (non-hydrogen) atoms. The number of allylic oxidation sites excluding steroid dienone is 2. The molecular weight excluding hydrogens is 586 g/mol. The molecule has 1 amide bonds. The maximum atomic E-state index is 13.0. The normalized spacial score (nSPS) is 13.6. The largest absolute Gasteiger partial charge is 0.462 e. The molecule has 0 aliphatic heterocycles. The molecule has 0 aromatic carbocycles. The average Bonchev–Trinajstić information content (AvgIpc) is 3.06. The van der Waals surface area contributed by atoms with Gasteiger partial charge in [0.25, 0.3) is 0 Å². The van der Waals surface area contributed by atoms with Crippen molar-refractivity contribution < 1.29 is 24.5 Å². The molecule has 0 saturated heterocycles. The molecule has 6 nitrogen and oxygen atoms in total. The predicted molar refractivity (Wildman–Crippen MR) is 200 cm³/mol. The van der Waals surface area contributed by atoms with Crippen LogP contribution in [0.1, 0.15) is 213 Å². The maximum absolute atomic E-state index is 13.0. The van der Waals surface area contributed by atoms with E-state index < -0.39 is 18.2 Å². The second kappa shape index (κ2) is 35.9. The van der Waals surface area contributed by atoms with E-state index in [9.17, 15) is 19.8 Å². The van der Waals surface area contributed by atoms with Crippen LogP contribution < -0.4 is 5.32 Å². The van der Waals surface area contributed by atoms with E-state index in [1.165, 1.54) is 109 Å². The number of hydrogen-bond acceptors (Lipinski definition) is 5. The Labute approximate surface area is 291 Å². The van der Waals surface area contributed by atoms with E-state index in [-0.39, 0.29) is 24.9 Å². The third kappa shape index (κ3) is 31.6. The second-order valence-corrected chi connectivity index (χ2v) is 14.0. The minimum atomic E-state index is -0.779. The lowest BCUT2D eigenvalue weighted by Crippen LogP contribution is -2.46. The quantitative estimate of drug-likeness (QED) is 0.0352. The molecular formula is C41H79NO5. The van der Waals surface area contributed by atoms with Crippen LogP contribution in [0.4, 0.5) is 0 Å². The highest BCUT2D eigenvalue weighted by atomic mass is 16.5. The fourth-order valence-corrected chi connectivity index (χ4v) is 6.20. The number of hydrogen-bond donors (Lipinski definition) is 3. The van der Waals surface area contributed by atoms with Crippen molar-refractivity contribution in [3.05, 3.63) is 12.2 Å². The Morgan fingerprint density at radius 2 is 1.06 bits per heavy atom. The molecule has 0 fully saturated rings. The molecule has 0 aliphatic carbocycles. The molecule has 0 aliphatic rings. The fourth-order valence-electron chi connectivity index (χ4n) is 6.20. The Bertz CT molecular complexity index is 712. The van der Waals surface area contributed by atoms with Gasteiger partial charge in [0, 0.05) is 6.42 Å². The standard InChI is InChI=1S/C41H79NO5/c1-4-7-10-13-16-19-21-24-27-30-33-39(44)38(36-43)42-40(45)35-37(32-29-26-23-18-15-12-9-6-3)47-41(46)34-31-28-25-22-20-17-14-11-8-5-2/h11,14,37-39,43-44H,4-10,12-13,15-36H2,1-3H3,(H,42,45)/b14-11-. The molecule has 0 radical (unpaired) electrons. The van der Waals surface area contributed by atoms with E-state index in [1.54, 1.807) is 0 Å². The molecule has 3 atom stereocenters. The Balaban J connectivity index is 4.54. The van der Waals surface area contributed by atoms with Gasteiger partial charge in [-0.15, -0.1) is 0 Å². The predicted octanol–water partition coefficient (Wildman–Crippen LogP) is 11.1. The number of aliphatic hydroxyl groups is 2. The lowest BCUT2D eigenvalue weighted by molar-refractivity contribution is -0.151. The number of rotatable bonds is 36. The summed E-state index contributed by atoms with van der Waals surface area (Å²) >= 11 is 0. The highest BCUT2D eigenvalue weighted by molar-refractivity contribution is 5.77. The van der Waals surface area contributed by atoms with E-state index in [1.807, 2.05) is 0 Å². The molecule has 0 aromatic rings. The van der Waals surface area contributed by atoms with E-state index in [4.69, 9.17) is 4.74 Å². The Kier molecular flexibility index (Phi) is 34.8. The summed E-state index contributed by atoms with van der Waals surface area (Å²) in [6, 6.07) is -0.692. The second-order valence-electron chi connectivity index (χ2n) is 14.0. The maximum Gasteiger partial charge on any atom is 0.306 e. The van der Waals surface area contributed by atoms with Crippen molar-refractivity contribution >= 4 is 11.9 Å². The molecule has 0 bridgehead atoms. The van der Waals surface area contributed by atoms with Crippen LogP contribution in [0.5, 0.6) is 0 Å². The van der Waals surface area contributed by atoms with Crippen LogP contribution in [0, 0.1) is 0 Å². The number of ether oxygens (including phenoxy) is 1. The van der Waals surface area contributed by atoms with E-state index in [0.29, 0.717) is 19.3 Å². The van der Waals surface area contributed by atoms with Crippen LogP contribution in [-0.2, 0) is 14.3 Å². The first kappa shape index (κ1) is 45.6. The lowest BCUT2D eigenvalue weighted by atomic mass is 10.0. The highest BCUT2D eigenvalue weighted by Gasteiger charge is 2.24. The summed E-state index contributed by atoms with van der Waals surface area (Å²) in [5.74, 6) is -0.485. The number of carbonyl (C=O) groups excluding carboxylic acids is 2. The fraction of sp³-hybridized carbons (Fsp3) is 0.902. The first-order valence-electron chi connectivity index (χ1n) is 20.4. The van der Waals surface area contributed by atoms with E-state index in [0.717, 1.165) is 57.8 Å². The Morgan fingerprint density at radius 3 is 1.60 bits per heavy atom. The summed E-state index contributed by atoms with van der Waals surface area (Å²) in [7, 11) is 0. The first-order valence-corrected chi connectivity index (χ1v) is 20.4. The summed E-state index contributed by atoms with van der Waals surface area (Å²) < 4.78 is 5.84. The van der Waals surface area contributed by atoms with Gasteiger partial charge in [-0.25, -0.2) is 0 Å². The van der Waals surface area contributed by atoms with Crippen molar-refractivity contribution in [3.63, 3.8) is 0 Å². The SMILES string of the molecule is CCC/C=C\CCCCCCCC(=O)OC(CCCCCCCCCC)CC(=O)NC(CO)C(O)CCCCCCCCCCCC. The van der Waals surface area contributed by atoms with E-state index in [2.05, 4.69) is 38.2 Å². The van der Waals surface area contributed by atoms with Crippen LogP contribution in [0.25, 0.3) is 0 Å². The number of esters is 1. The van der Waals surface area contributed by atoms with Gasteiger partial charge in [0.15, 0.2) is 0 Å². The summed E-state index contributed by atoms with van der Waals surface area (Å²) in [5, 5.41) is 23.5. The van der Waals surface area contributed by atoms with Gasteiger partial charge in [0.05, 0.1) is 25.2 Å². The molecule has 3 unspecified atom stereocenters. The summed E-state index contributed by atoms with van der Waals surface area (Å²) in [5.41, 5.74) is 0. The van der Waals surface area contributed by atoms with Crippen LogP contribution in [0.15, 0.2) is 12.2 Å². The van der Waals surface area contributed by atoms with E-state index >= 15 is 0 Å². The van der Waals surface area contributed by atoms with Crippen molar-refractivity contribution in [2.24, 2.45) is 0 Å². The average molecular weight is 666 g/mol. The minimum Gasteiger partial charge on any atom is -0.462 e. The molecule has 0 heterocycles. The van der Waals surface area contributed by atoms with Gasteiger partial charge in [-0.3, -0.25) is 9.59 Å². The number of unbranched alkanes of at least 4 members (excludes halogenated alkanes) is 22. The van der Waals surface area contributed by atoms with Crippen molar-refractivity contribution in [2.45, 2.75) is 232 Å². The van der Waals surface area contributed by atoms with Gasteiger partial charge >= 0.3 is 5.97 Å². The highest BCUT2D eigenvalue weighted by Crippen LogP contribution is 2.17. The van der Waals surface area contributed by atoms with Gasteiger partial charge in [-0.05, 0) is 44.9 Å². The third-order valence-corrected chi connectivity index (χ3v) is 9.33. The number of amides is 1. The van der Waals surface area contributed by atoms with Gasteiger partial charge in [-0.2, -0.15) is 0 Å². The molecule has 0 rings (SSSR count). The summed E-state index contributed by atoms with van der Waals surface area (Å²) in [4.78, 5) is 25.7. The molecule has 0 saturated carbocycles. The van der Waals surface area contributed by atoms with Gasteiger partial charge in [0.1, 0.15) is 6.10 Å². The smallest absolute Gasteiger partial charge is 0.306 e. The van der Waals surface area contributed by atoms with Crippen molar-refractivity contribution in [1.82, 2.24) is 5.32 Å². The first-order chi connectivity index (χ1) is 23.0. The van der Waals surface area contributed by atoms with Crippen molar-refractivity contribution in [3.8, 4) is 0 Å². The topological polar surface area (TPSA) is 95.9 Å². The lowest BCUT2D eigenvalue weighted by Gasteiger charge is -2.24. The molecule has 0 spiro atoms. The van der Waals surface area contributed by atoms with Crippen LogP contribution >= 0.6 is 0 Å². The number of carbonyl (C=O) groups is 2. The molecule has 0 aromatic heterocycles. The molecule has 3 N–H and O–H groups in total. The van der Waals surface area contributed by atoms with Crippen LogP contribution in [0.2, 0.25) is 0 Å². The van der Waals surface area contributed by atoms with Gasteiger partial charge in [0.2, 0.25) is 5.91 Å². The zero-order valence-electron chi connectivity index (χ0n) is 31.4. The van der Waals surface area contributed by atoms with Crippen molar-refractivity contribution in [1.29, 1.82) is 0 Å². The van der Waals surface area contributed by atoms with Gasteiger partial charge < -0.3 is 20.3 Å². The summed E-state index contributed by atoms with van der Waals surface area (Å²) in [6.45, 7) is 6.37.